The molecule has 18 nitrogen and oxygen atoms in total. The van der Waals surface area contributed by atoms with Gasteiger partial charge in [-0.25, -0.2) is 9.48 Å². The van der Waals surface area contributed by atoms with Crippen LogP contribution in [-0.4, -0.2) is 92.0 Å². The zero-order valence-electron chi connectivity index (χ0n) is 30.4. The van der Waals surface area contributed by atoms with Gasteiger partial charge in [0.15, 0.2) is 24.5 Å². The molecule has 3 aromatic rings. The van der Waals surface area contributed by atoms with Gasteiger partial charge in [0.25, 0.3) is 5.56 Å². The molecular formula is C35H38ClN5O13. The van der Waals surface area contributed by atoms with Gasteiger partial charge in [0.2, 0.25) is 5.88 Å². The molecule has 0 bridgehead atoms. The predicted octanol–water partition coefficient (Wildman–Crippen LogP) is 2.46. The van der Waals surface area contributed by atoms with Crippen LogP contribution >= 0.6 is 11.6 Å². The Morgan fingerprint density at radius 1 is 0.870 bits per heavy atom. The van der Waals surface area contributed by atoms with Gasteiger partial charge in [-0.3, -0.25) is 28.5 Å². The first-order chi connectivity index (χ1) is 25.6. The maximum Gasteiger partial charge on any atom is 0.338 e. The maximum absolute atomic E-state index is 14.4. The lowest BCUT2D eigenvalue weighted by molar-refractivity contribution is -0.270. The summed E-state index contributed by atoms with van der Waals surface area (Å²) < 4.78 is 41.6. The summed E-state index contributed by atoms with van der Waals surface area (Å²) in [7, 11) is 0. The summed E-state index contributed by atoms with van der Waals surface area (Å²) in [4.78, 5) is 80.7. The molecule has 54 heavy (non-hydrogen) atoms. The number of allylic oxidation sites excluding steroid dienone is 1. The first-order valence-corrected chi connectivity index (χ1v) is 17.1. The Morgan fingerprint density at radius 3 is 2.11 bits per heavy atom. The topological polar surface area (TPSA) is 216 Å². The van der Waals surface area contributed by atoms with Gasteiger partial charge in [-0.15, -0.1) is 5.10 Å². The predicted molar refractivity (Wildman–Crippen MR) is 183 cm³/mol. The van der Waals surface area contributed by atoms with Gasteiger partial charge < -0.3 is 33.2 Å². The van der Waals surface area contributed by atoms with E-state index < -0.39 is 78.6 Å². The number of rotatable bonds is 11. The number of carbonyl (C=O) groups is 5. The third-order valence-electron chi connectivity index (χ3n) is 8.37. The molecule has 0 spiro atoms. The van der Waals surface area contributed by atoms with Gasteiger partial charge in [-0.05, 0) is 38.5 Å². The molecule has 6 atom stereocenters. The minimum absolute atomic E-state index is 0.0143. The molecule has 4 heterocycles. The fourth-order valence-electron chi connectivity index (χ4n) is 6.26. The second-order valence-corrected chi connectivity index (χ2v) is 12.8. The van der Waals surface area contributed by atoms with Crippen molar-refractivity contribution < 1.29 is 57.1 Å². The molecule has 0 amide bonds. The minimum Gasteiger partial charge on any atom is -0.463 e. The lowest BCUT2D eigenvalue weighted by Crippen LogP contribution is -2.60. The van der Waals surface area contributed by atoms with Crippen molar-refractivity contribution >= 4 is 41.4 Å². The zero-order chi connectivity index (χ0) is 39.4. The summed E-state index contributed by atoms with van der Waals surface area (Å²) in [5.74, 6) is -4.16. The van der Waals surface area contributed by atoms with Gasteiger partial charge in [-0.1, -0.05) is 28.9 Å². The summed E-state index contributed by atoms with van der Waals surface area (Å²) in [6, 6.07) is 6.65. The van der Waals surface area contributed by atoms with E-state index in [9.17, 15) is 28.8 Å². The van der Waals surface area contributed by atoms with E-state index in [1.165, 1.54) is 15.4 Å². The zero-order valence-corrected chi connectivity index (χ0v) is 31.1. The highest BCUT2D eigenvalue weighted by Crippen LogP contribution is 2.41. The third-order valence-corrected chi connectivity index (χ3v) is 8.62. The van der Waals surface area contributed by atoms with Gasteiger partial charge in [0.1, 0.15) is 30.0 Å². The number of ether oxygens (including phenoxy) is 7. The molecule has 1 fully saturated rings. The van der Waals surface area contributed by atoms with Crippen LogP contribution in [-0.2, 0) is 58.9 Å². The Hall–Kier alpha value is -5.62. The van der Waals surface area contributed by atoms with Crippen LogP contribution in [0.3, 0.4) is 0 Å². The van der Waals surface area contributed by atoms with Crippen molar-refractivity contribution in [3.63, 3.8) is 0 Å². The van der Waals surface area contributed by atoms with Crippen molar-refractivity contribution in [2.24, 2.45) is 0 Å². The molecule has 19 heteroatoms. The number of carbonyl (C=O) groups excluding carboxylic acids is 5. The Bertz CT molecular complexity index is 2040. The fraction of sp³-hybridized carbons (Fsp3) is 0.457. The monoisotopic (exact) mass is 771 g/mol. The van der Waals surface area contributed by atoms with E-state index in [0.717, 1.165) is 27.7 Å². The lowest BCUT2D eigenvalue weighted by atomic mass is 9.83. The van der Waals surface area contributed by atoms with Crippen molar-refractivity contribution in [1.82, 2.24) is 24.5 Å². The van der Waals surface area contributed by atoms with E-state index in [0.29, 0.717) is 10.6 Å². The van der Waals surface area contributed by atoms with Crippen LogP contribution in [0.4, 0.5) is 0 Å². The number of aromatic nitrogens is 5. The molecule has 2 aromatic heterocycles. The van der Waals surface area contributed by atoms with Crippen molar-refractivity contribution in [3.05, 3.63) is 79.8 Å². The molecule has 0 saturated carbocycles. The van der Waals surface area contributed by atoms with E-state index in [2.05, 4.69) is 15.3 Å². The first kappa shape index (κ1) is 39.6. The fourth-order valence-corrected chi connectivity index (χ4v) is 6.39. The van der Waals surface area contributed by atoms with Crippen LogP contribution in [0.15, 0.2) is 46.6 Å². The Labute approximate surface area is 313 Å². The molecule has 1 unspecified atom stereocenters. The van der Waals surface area contributed by atoms with Gasteiger partial charge in [0, 0.05) is 32.7 Å². The number of fused-ring (bicyclic) bond motifs is 1. The highest BCUT2D eigenvalue weighted by Gasteiger charge is 2.53. The normalized spacial score (nSPS) is 22.0. The third kappa shape index (κ3) is 8.60. The quantitative estimate of drug-likeness (QED) is 0.202. The highest BCUT2D eigenvalue weighted by atomic mass is 35.5. The summed E-state index contributed by atoms with van der Waals surface area (Å²) in [5, 5.41) is 8.82. The van der Waals surface area contributed by atoms with E-state index in [4.69, 9.17) is 44.8 Å². The summed E-state index contributed by atoms with van der Waals surface area (Å²) in [6.45, 7) is 8.79. The molecule has 0 radical (unpaired) electrons. The SMILES string of the molecule is CCOC(=O)C1=C(C)Oc2nc(C)n(Cc3cn([C@@H]4O[C@H](COC(C)=O)[C@@H](OC(C)=O)[C@H](OC(C)=O)[C@H]4OC(C)=O)nn3)c(=O)c2C1c1ccc(Cl)cc1. The summed E-state index contributed by atoms with van der Waals surface area (Å²) in [5.41, 5.74) is 0.412. The van der Waals surface area contributed by atoms with Crippen molar-refractivity contribution in [2.45, 2.75) is 91.6 Å². The van der Waals surface area contributed by atoms with Crippen LogP contribution in [0.25, 0.3) is 0 Å². The Balaban J connectivity index is 1.56. The molecule has 288 valence electrons. The van der Waals surface area contributed by atoms with Crippen LogP contribution in [0, 0.1) is 6.92 Å². The number of nitrogens with zero attached hydrogens (tertiary/aromatic N) is 5. The van der Waals surface area contributed by atoms with E-state index in [-0.39, 0.29) is 47.4 Å². The number of aryl methyl sites for hydroxylation is 1. The average Bonchev–Trinajstić information content (AvgIpc) is 3.55. The van der Waals surface area contributed by atoms with E-state index in [1.807, 2.05) is 0 Å². The number of hydrogen-bond acceptors (Lipinski definition) is 16. The van der Waals surface area contributed by atoms with Gasteiger partial charge in [0.05, 0.1) is 36.4 Å². The van der Waals surface area contributed by atoms with Crippen molar-refractivity contribution in [1.29, 1.82) is 0 Å². The molecular weight excluding hydrogens is 734 g/mol. The number of esters is 5. The summed E-state index contributed by atoms with van der Waals surface area (Å²) >= 11 is 6.16. The Morgan fingerprint density at radius 2 is 1.50 bits per heavy atom. The molecule has 0 N–H and O–H groups in total. The maximum atomic E-state index is 14.4. The largest absolute Gasteiger partial charge is 0.463 e. The highest BCUT2D eigenvalue weighted by molar-refractivity contribution is 6.30. The first-order valence-electron chi connectivity index (χ1n) is 16.7. The van der Waals surface area contributed by atoms with E-state index in [1.54, 1.807) is 45.0 Å². The van der Waals surface area contributed by atoms with E-state index >= 15 is 0 Å². The smallest absolute Gasteiger partial charge is 0.338 e. The van der Waals surface area contributed by atoms with Crippen LogP contribution in [0.1, 0.15) is 76.3 Å². The minimum atomic E-state index is -1.44. The molecule has 2 aliphatic rings. The van der Waals surface area contributed by atoms with Crippen LogP contribution in [0.5, 0.6) is 5.88 Å². The summed E-state index contributed by atoms with van der Waals surface area (Å²) in [6.07, 6.45) is -5.45. The standard InChI is InChI=1S/C35H38ClN5O13/c1-8-48-35(47)26-16(2)50-32-28(27(26)22-9-11-23(36)12-10-22)33(46)40(17(3)37-32)13-24-14-41(39-38-24)34-31(53-21(7)45)30(52-20(6)44)29(51-19(5)43)25(54-34)15-49-18(4)42/h9-12,14,25,27,29-31,34H,8,13,15H2,1-7H3/t25-,27?,29-,30+,31-,34-/m1/s1. The average molecular weight is 772 g/mol. The molecule has 2 aliphatic heterocycles. The van der Waals surface area contributed by atoms with Crippen molar-refractivity contribution in [3.8, 4) is 5.88 Å². The number of halogens is 1. The number of hydrogen-bond donors (Lipinski definition) is 0. The molecule has 1 aromatic carbocycles. The lowest BCUT2D eigenvalue weighted by Gasteiger charge is -2.44. The second-order valence-electron chi connectivity index (χ2n) is 12.3. The van der Waals surface area contributed by atoms with Crippen LogP contribution < -0.4 is 10.3 Å². The van der Waals surface area contributed by atoms with Gasteiger partial charge >= 0.3 is 29.8 Å². The molecule has 5 rings (SSSR count). The van der Waals surface area contributed by atoms with Crippen molar-refractivity contribution in [2.75, 3.05) is 13.2 Å². The van der Waals surface area contributed by atoms with Crippen LogP contribution in [0.2, 0.25) is 5.02 Å². The number of benzene rings is 1. The molecule has 1 saturated heterocycles. The second kappa shape index (κ2) is 16.6. The Kier molecular flexibility index (Phi) is 12.2. The molecule has 0 aliphatic carbocycles. The van der Waals surface area contributed by atoms with Gasteiger partial charge in [-0.2, -0.15) is 4.98 Å².